The molecule has 0 saturated carbocycles. The van der Waals surface area contributed by atoms with E-state index in [1.165, 1.54) is 16.3 Å². The van der Waals surface area contributed by atoms with Gasteiger partial charge in [-0.2, -0.15) is 5.10 Å². The van der Waals surface area contributed by atoms with Crippen LogP contribution in [0.15, 0.2) is 16.6 Å². The van der Waals surface area contributed by atoms with Crippen molar-refractivity contribution >= 4 is 21.9 Å². The average Bonchev–Trinajstić information content (AvgIpc) is 2.82. The van der Waals surface area contributed by atoms with Crippen LogP contribution in [0, 0.1) is 0 Å². The van der Waals surface area contributed by atoms with E-state index in [4.69, 9.17) is 5.11 Å². The Bertz CT molecular complexity index is 737. The molecule has 5 nitrogen and oxygen atoms in total. The number of hydrogen-bond acceptors (Lipinski definition) is 3. The van der Waals surface area contributed by atoms with Gasteiger partial charge in [0.1, 0.15) is 5.75 Å². The van der Waals surface area contributed by atoms with E-state index in [1.54, 1.807) is 7.05 Å². The van der Waals surface area contributed by atoms with E-state index < -0.39 is 5.97 Å². The van der Waals surface area contributed by atoms with E-state index in [-0.39, 0.29) is 11.4 Å². The van der Waals surface area contributed by atoms with Crippen LogP contribution in [-0.2, 0) is 19.9 Å². The Kier molecular flexibility index (Phi) is 3.49. The molecule has 0 aliphatic heterocycles. The molecule has 0 bridgehead atoms. The Morgan fingerprint density at radius 3 is 2.71 bits per heavy atom. The van der Waals surface area contributed by atoms with Crippen LogP contribution in [0.1, 0.15) is 34.5 Å². The molecule has 0 spiro atoms. The molecule has 6 heteroatoms. The molecule has 0 saturated heterocycles. The standard InChI is InChI=1S/C15H15BrN2O3/c1-18-12(7-11(17-18)15(20)21)13-9-5-3-2-4-8(9)6-10(16)14(13)19/h6-7,19H,2-5H2,1H3,(H,20,21). The lowest BCUT2D eigenvalue weighted by atomic mass is 9.86. The Balaban J connectivity index is 2.26. The maximum absolute atomic E-state index is 11.1. The minimum absolute atomic E-state index is 0.0172. The number of aromatic nitrogens is 2. The summed E-state index contributed by atoms with van der Waals surface area (Å²) in [6.07, 6.45) is 4.07. The Morgan fingerprint density at radius 2 is 2.05 bits per heavy atom. The summed E-state index contributed by atoms with van der Waals surface area (Å²) in [5.74, 6) is -0.921. The number of aryl methyl sites for hydroxylation is 2. The molecule has 1 heterocycles. The first-order valence-electron chi connectivity index (χ1n) is 6.80. The zero-order valence-corrected chi connectivity index (χ0v) is 13.1. The third-order valence-electron chi connectivity index (χ3n) is 3.93. The van der Waals surface area contributed by atoms with Gasteiger partial charge in [-0.3, -0.25) is 4.68 Å². The maximum atomic E-state index is 11.1. The zero-order valence-electron chi connectivity index (χ0n) is 11.6. The molecule has 0 atom stereocenters. The number of carboxylic acids is 1. The molecule has 0 unspecified atom stereocenters. The van der Waals surface area contributed by atoms with E-state index in [0.717, 1.165) is 31.2 Å². The van der Waals surface area contributed by atoms with Crippen LogP contribution in [0.3, 0.4) is 0 Å². The fraction of sp³-hybridized carbons (Fsp3) is 0.333. The van der Waals surface area contributed by atoms with Gasteiger partial charge in [-0.25, -0.2) is 4.79 Å². The highest BCUT2D eigenvalue weighted by molar-refractivity contribution is 9.10. The molecule has 1 aromatic carbocycles. The molecule has 110 valence electrons. The lowest BCUT2D eigenvalue weighted by Crippen LogP contribution is -2.07. The van der Waals surface area contributed by atoms with Crippen molar-refractivity contribution in [3.8, 4) is 17.0 Å². The first-order chi connectivity index (χ1) is 9.99. The summed E-state index contributed by atoms with van der Waals surface area (Å²) in [7, 11) is 1.69. The molecule has 1 aromatic heterocycles. The molecular formula is C15H15BrN2O3. The fourth-order valence-corrected chi connectivity index (χ4v) is 3.41. The van der Waals surface area contributed by atoms with E-state index in [0.29, 0.717) is 15.7 Å². The van der Waals surface area contributed by atoms with Gasteiger partial charge in [-0.1, -0.05) is 0 Å². The van der Waals surface area contributed by atoms with Crippen LogP contribution in [0.5, 0.6) is 5.75 Å². The number of carbonyl (C=O) groups is 1. The van der Waals surface area contributed by atoms with E-state index in [9.17, 15) is 9.90 Å². The molecule has 1 aliphatic carbocycles. The first-order valence-corrected chi connectivity index (χ1v) is 7.59. The second-order valence-corrected chi connectivity index (χ2v) is 6.12. The number of halogens is 1. The van der Waals surface area contributed by atoms with Gasteiger partial charge in [0, 0.05) is 12.6 Å². The van der Waals surface area contributed by atoms with Gasteiger partial charge in [0.2, 0.25) is 0 Å². The van der Waals surface area contributed by atoms with Crippen LogP contribution in [0.25, 0.3) is 11.3 Å². The lowest BCUT2D eigenvalue weighted by molar-refractivity contribution is 0.0689. The smallest absolute Gasteiger partial charge is 0.356 e. The van der Waals surface area contributed by atoms with Crippen LogP contribution in [0.2, 0.25) is 0 Å². The number of aromatic hydroxyl groups is 1. The number of fused-ring (bicyclic) bond motifs is 1. The van der Waals surface area contributed by atoms with Crippen molar-refractivity contribution in [1.29, 1.82) is 0 Å². The third-order valence-corrected chi connectivity index (χ3v) is 4.54. The summed E-state index contributed by atoms with van der Waals surface area (Å²) >= 11 is 3.39. The van der Waals surface area contributed by atoms with Crippen LogP contribution < -0.4 is 0 Å². The maximum Gasteiger partial charge on any atom is 0.356 e. The monoisotopic (exact) mass is 350 g/mol. The highest BCUT2D eigenvalue weighted by Gasteiger charge is 2.23. The largest absolute Gasteiger partial charge is 0.506 e. The molecule has 2 aromatic rings. The number of nitrogens with zero attached hydrogens (tertiary/aromatic N) is 2. The molecule has 0 amide bonds. The van der Waals surface area contributed by atoms with Crippen molar-refractivity contribution in [2.24, 2.45) is 7.05 Å². The summed E-state index contributed by atoms with van der Waals surface area (Å²) in [5, 5.41) is 23.5. The van der Waals surface area contributed by atoms with Crippen LogP contribution in [-0.4, -0.2) is 26.0 Å². The molecule has 2 N–H and O–H groups in total. The van der Waals surface area contributed by atoms with Crippen molar-refractivity contribution in [3.63, 3.8) is 0 Å². The van der Waals surface area contributed by atoms with Gasteiger partial charge in [0.15, 0.2) is 5.69 Å². The predicted molar refractivity (Wildman–Crippen MR) is 81.6 cm³/mol. The number of phenolic OH excluding ortho intramolecular Hbond substituents is 1. The summed E-state index contributed by atoms with van der Waals surface area (Å²) in [6.45, 7) is 0. The van der Waals surface area contributed by atoms with Gasteiger partial charge >= 0.3 is 5.97 Å². The minimum atomic E-state index is -1.07. The first kappa shape index (κ1) is 14.1. The van der Waals surface area contributed by atoms with Crippen LogP contribution >= 0.6 is 15.9 Å². The van der Waals surface area contributed by atoms with Crippen LogP contribution in [0.4, 0.5) is 0 Å². The number of hydrogen-bond donors (Lipinski definition) is 2. The minimum Gasteiger partial charge on any atom is -0.506 e. The van der Waals surface area contributed by atoms with Crippen molar-refractivity contribution in [1.82, 2.24) is 9.78 Å². The van der Waals surface area contributed by atoms with Gasteiger partial charge in [-0.05, 0) is 64.9 Å². The molecule has 3 rings (SSSR count). The highest BCUT2D eigenvalue weighted by atomic mass is 79.9. The zero-order chi connectivity index (χ0) is 15.1. The van der Waals surface area contributed by atoms with Crippen molar-refractivity contribution < 1.29 is 15.0 Å². The molecule has 1 aliphatic rings. The van der Waals surface area contributed by atoms with E-state index in [1.807, 2.05) is 6.07 Å². The summed E-state index contributed by atoms with van der Waals surface area (Å²) in [5.41, 5.74) is 3.61. The van der Waals surface area contributed by atoms with Gasteiger partial charge in [-0.15, -0.1) is 0 Å². The SMILES string of the molecule is Cn1nc(C(=O)O)cc1-c1c(O)c(Br)cc2c1CCCC2. The van der Waals surface area contributed by atoms with E-state index >= 15 is 0 Å². The van der Waals surface area contributed by atoms with Gasteiger partial charge < -0.3 is 10.2 Å². The second kappa shape index (κ2) is 5.18. The van der Waals surface area contributed by atoms with Gasteiger partial charge in [0.05, 0.1) is 10.2 Å². The number of rotatable bonds is 2. The quantitative estimate of drug-likeness (QED) is 0.872. The topological polar surface area (TPSA) is 75.4 Å². The summed E-state index contributed by atoms with van der Waals surface area (Å²) in [4.78, 5) is 11.1. The Labute approximate surface area is 130 Å². The molecule has 21 heavy (non-hydrogen) atoms. The predicted octanol–water partition coefficient (Wildman–Crippen LogP) is 3.13. The average molecular weight is 351 g/mol. The number of carboxylic acid groups (broad SMARTS) is 1. The van der Waals surface area contributed by atoms with Crippen molar-refractivity contribution in [3.05, 3.63) is 33.4 Å². The summed E-state index contributed by atoms with van der Waals surface area (Å²) < 4.78 is 2.15. The normalized spacial score (nSPS) is 14.0. The van der Waals surface area contributed by atoms with E-state index in [2.05, 4.69) is 21.0 Å². The number of benzene rings is 1. The molecule has 0 radical (unpaired) electrons. The molecular weight excluding hydrogens is 336 g/mol. The molecule has 0 fully saturated rings. The highest BCUT2D eigenvalue weighted by Crippen LogP contribution is 2.42. The second-order valence-electron chi connectivity index (χ2n) is 5.27. The number of aromatic carboxylic acids is 1. The van der Waals surface area contributed by atoms with Gasteiger partial charge in [0.25, 0.3) is 0 Å². The Hall–Kier alpha value is -1.82. The lowest BCUT2D eigenvalue weighted by Gasteiger charge is -2.21. The third kappa shape index (κ3) is 2.33. The van der Waals surface area contributed by atoms with Crippen molar-refractivity contribution in [2.45, 2.75) is 25.7 Å². The summed E-state index contributed by atoms with van der Waals surface area (Å²) in [6, 6.07) is 3.47. The number of phenols is 1. The Morgan fingerprint density at radius 1 is 1.33 bits per heavy atom. The fourth-order valence-electron chi connectivity index (χ4n) is 2.94. The van der Waals surface area contributed by atoms with Crippen molar-refractivity contribution in [2.75, 3.05) is 0 Å².